The summed E-state index contributed by atoms with van der Waals surface area (Å²) in [5, 5.41) is 0. The zero-order valence-electron chi connectivity index (χ0n) is 9.97. The van der Waals surface area contributed by atoms with Crippen LogP contribution in [0, 0.1) is 17.8 Å². The van der Waals surface area contributed by atoms with Crippen molar-refractivity contribution in [2.45, 2.75) is 58.8 Å². The fourth-order valence-electron chi connectivity index (χ4n) is 2.45. The minimum Gasteiger partial charge on any atom is -0.330 e. The third-order valence-electron chi connectivity index (χ3n) is 3.74. The van der Waals surface area contributed by atoms with Crippen molar-refractivity contribution in [3.8, 4) is 0 Å². The Hall–Kier alpha value is -0.0400. The highest BCUT2D eigenvalue weighted by Crippen LogP contribution is 2.41. The van der Waals surface area contributed by atoms with Crippen molar-refractivity contribution in [3.05, 3.63) is 0 Å². The van der Waals surface area contributed by atoms with Gasteiger partial charge in [-0.3, -0.25) is 0 Å². The van der Waals surface area contributed by atoms with Crippen molar-refractivity contribution in [1.82, 2.24) is 0 Å². The Labute approximate surface area is 89.5 Å². The first kappa shape index (κ1) is 12.0. The summed E-state index contributed by atoms with van der Waals surface area (Å²) in [4.78, 5) is 0. The van der Waals surface area contributed by atoms with E-state index in [0.29, 0.717) is 0 Å². The first-order chi connectivity index (χ1) is 6.77. The molecule has 14 heavy (non-hydrogen) atoms. The van der Waals surface area contributed by atoms with Crippen molar-refractivity contribution in [3.63, 3.8) is 0 Å². The van der Waals surface area contributed by atoms with E-state index < -0.39 is 0 Å². The van der Waals surface area contributed by atoms with Gasteiger partial charge in [-0.1, -0.05) is 26.7 Å². The van der Waals surface area contributed by atoms with Crippen LogP contribution >= 0.6 is 0 Å². The van der Waals surface area contributed by atoms with Crippen LogP contribution in [0.2, 0.25) is 0 Å². The van der Waals surface area contributed by atoms with Gasteiger partial charge in [0.2, 0.25) is 0 Å². The largest absolute Gasteiger partial charge is 0.330 e. The SMILES string of the molecule is CCC(CCC(C)CCCN)C1CC1. The van der Waals surface area contributed by atoms with Crippen LogP contribution in [0.5, 0.6) is 0 Å². The van der Waals surface area contributed by atoms with E-state index in [1.54, 1.807) is 0 Å². The second-order valence-corrected chi connectivity index (χ2v) is 5.12. The van der Waals surface area contributed by atoms with Gasteiger partial charge in [0.1, 0.15) is 0 Å². The third kappa shape index (κ3) is 4.45. The molecule has 84 valence electrons. The van der Waals surface area contributed by atoms with Gasteiger partial charge in [0.25, 0.3) is 0 Å². The Balaban J connectivity index is 2.04. The minimum absolute atomic E-state index is 0.865. The van der Waals surface area contributed by atoms with Crippen LogP contribution < -0.4 is 5.73 Å². The average molecular weight is 197 g/mol. The number of rotatable bonds is 8. The third-order valence-corrected chi connectivity index (χ3v) is 3.74. The number of hydrogen-bond acceptors (Lipinski definition) is 1. The van der Waals surface area contributed by atoms with E-state index in [1.165, 1.54) is 44.9 Å². The molecule has 0 spiro atoms. The van der Waals surface area contributed by atoms with Gasteiger partial charge in [0.15, 0.2) is 0 Å². The Morgan fingerprint density at radius 2 is 1.93 bits per heavy atom. The Bertz CT molecular complexity index is 140. The zero-order valence-corrected chi connectivity index (χ0v) is 9.97. The lowest BCUT2D eigenvalue weighted by molar-refractivity contribution is 0.353. The van der Waals surface area contributed by atoms with Crippen molar-refractivity contribution < 1.29 is 0 Å². The monoisotopic (exact) mass is 197 g/mol. The predicted octanol–water partition coefficient (Wildman–Crippen LogP) is 3.58. The van der Waals surface area contributed by atoms with E-state index >= 15 is 0 Å². The normalized spacial score (nSPS) is 20.8. The van der Waals surface area contributed by atoms with Crippen LogP contribution in [0.25, 0.3) is 0 Å². The van der Waals surface area contributed by atoms with Gasteiger partial charge >= 0.3 is 0 Å². The summed E-state index contributed by atoms with van der Waals surface area (Å²) < 4.78 is 0. The maximum Gasteiger partial charge on any atom is -0.00772 e. The summed E-state index contributed by atoms with van der Waals surface area (Å²) in [5.41, 5.74) is 5.52. The molecule has 1 saturated carbocycles. The quantitative estimate of drug-likeness (QED) is 0.632. The molecule has 0 radical (unpaired) electrons. The topological polar surface area (TPSA) is 26.0 Å². The Morgan fingerprint density at radius 1 is 1.21 bits per heavy atom. The first-order valence-corrected chi connectivity index (χ1v) is 6.48. The van der Waals surface area contributed by atoms with Crippen molar-refractivity contribution >= 4 is 0 Å². The van der Waals surface area contributed by atoms with Crippen LogP contribution in [0.15, 0.2) is 0 Å². The van der Waals surface area contributed by atoms with E-state index in [2.05, 4.69) is 13.8 Å². The summed E-state index contributed by atoms with van der Waals surface area (Å²) >= 11 is 0. The van der Waals surface area contributed by atoms with Gasteiger partial charge in [-0.05, 0) is 56.4 Å². The summed E-state index contributed by atoms with van der Waals surface area (Å²) in [6.45, 7) is 5.60. The molecule has 2 atom stereocenters. The standard InChI is InChI=1S/C13H27N/c1-3-12(13-8-9-13)7-6-11(2)5-4-10-14/h11-13H,3-10,14H2,1-2H3. The van der Waals surface area contributed by atoms with Crippen LogP contribution in [0.1, 0.15) is 58.8 Å². The van der Waals surface area contributed by atoms with Gasteiger partial charge in [0.05, 0.1) is 0 Å². The Morgan fingerprint density at radius 3 is 2.43 bits per heavy atom. The maximum atomic E-state index is 5.52. The molecule has 0 amide bonds. The summed E-state index contributed by atoms with van der Waals surface area (Å²) in [6.07, 6.45) is 9.85. The lowest BCUT2D eigenvalue weighted by Crippen LogP contribution is -2.07. The van der Waals surface area contributed by atoms with Crippen molar-refractivity contribution in [2.75, 3.05) is 6.54 Å². The van der Waals surface area contributed by atoms with E-state index in [0.717, 1.165) is 24.3 Å². The summed E-state index contributed by atoms with van der Waals surface area (Å²) in [7, 11) is 0. The molecule has 2 N–H and O–H groups in total. The molecule has 0 aromatic rings. The summed E-state index contributed by atoms with van der Waals surface area (Å²) in [5.74, 6) is 3.03. The summed E-state index contributed by atoms with van der Waals surface area (Å²) in [6, 6.07) is 0. The highest BCUT2D eigenvalue weighted by molar-refractivity contribution is 4.80. The molecule has 0 heterocycles. The zero-order chi connectivity index (χ0) is 10.4. The van der Waals surface area contributed by atoms with Gasteiger partial charge < -0.3 is 5.73 Å². The maximum absolute atomic E-state index is 5.52. The molecule has 1 fully saturated rings. The molecule has 1 rings (SSSR count). The molecular weight excluding hydrogens is 170 g/mol. The van der Waals surface area contributed by atoms with E-state index in [4.69, 9.17) is 5.73 Å². The Kier molecular flexibility index (Phi) is 5.54. The number of nitrogens with two attached hydrogens (primary N) is 1. The van der Waals surface area contributed by atoms with Gasteiger partial charge in [-0.25, -0.2) is 0 Å². The molecule has 2 unspecified atom stereocenters. The van der Waals surface area contributed by atoms with Crippen LogP contribution in [0.3, 0.4) is 0 Å². The molecule has 1 aliphatic rings. The molecule has 0 saturated heterocycles. The molecular formula is C13H27N. The molecule has 0 bridgehead atoms. The van der Waals surface area contributed by atoms with E-state index in [1.807, 2.05) is 0 Å². The van der Waals surface area contributed by atoms with Crippen LogP contribution in [0.4, 0.5) is 0 Å². The van der Waals surface area contributed by atoms with Crippen LogP contribution in [-0.2, 0) is 0 Å². The van der Waals surface area contributed by atoms with Crippen molar-refractivity contribution in [2.24, 2.45) is 23.5 Å². The second-order valence-electron chi connectivity index (χ2n) is 5.12. The van der Waals surface area contributed by atoms with Gasteiger partial charge in [0, 0.05) is 0 Å². The van der Waals surface area contributed by atoms with E-state index in [-0.39, 0.29) is 0 Å². The van der Waals surface area contributed by atoms with Gasteiger partial charge in [-0.15, -0.1) is 0 Å². The first-order valence-electron chi connectivity index (χ1n) is 6.48. The average Bonchev–Trinajstić information content (AvgIpc) is 2.99. The van der Waals surface area contributed by atoms with Gasteiger partial charge in [-0.2, -0.15) is 0 Å². The highest BCUT2D eigenvalue weighted by atomic mass is 14.5. The molecule has 1 heteroatoms. The molecule has 0 aromatic heterocycles. The van der Waals surface area contributed by atoms with E-state index in [9.17, 15) is 0 Å². The number of hydrogen-bond donors (Lipinski definition) is 1. The predicted molar refractivity (Wildman–Crippen MR) is 63.2 cm³/mol. The minimum atomic E-state index is 0.865. The molecule has 1 nitrogen and oxygen atoms in total. The smallest absolute Gasteiger partial charge is 0.00772 e. The lowest BCUT2D eigenvalue weighted by Gasteiger charge is -2.17. The molecule has 0 aromatic carbocycles. The fraction of sp³-hybridized carbons (Fsp3) is 1.00. The molecule has 1 aliphatic carbocycles. The van der Waals surface area contributed by atoms with Crippen LogP contribution in [-0.4, -0.2) is 6.54 Å². The fourth-order valence-corrected chi connectivity index (χ4v) is 2.45. The lowest BCUT2D eigenvalue weighted by atomic mass is 9.89. The molecule has 0 aliphatic heterocycles. The highest BCUT2D eigenvalue weighted by Gasteiger charge is 2.29. The second kappa shape index (κ2) is 6.44. The van der Waals surface area contributed by atoms with Crippen molar-refractivity contribution in [1.29, 1.82) is 0 Å².